The summed E-state index contributed by atoms with van der Waals surface area (Å²) in [7, 11) is 1.62. The highest BCUT2D eigenvalue weighted by Gasteiger charge is 2.21. The summed E-state index contributed by atoms with van der Waals surface area (Å²) in [6.45, 7) is 9.95. The maximum Gasteiger partial charge on any atom is 0.246 e. The molecule has 2 aromatic rings. The second kappa shape index (κ2) is 9.50. The van der Waals surface area contributed by atoms with Crippen LogP contribution in [0.3, 0.4) is 0 Å². The van der Waals surface area contributed by atoms with Crippen LogP contribution in [0.25, 0.3) is 6.08 Å². The Balaban J connectivity index is 1.61. The molecule has 5 nitrogen and oxygen atoms in total. The average molecular weight is 395 g/mol. The van der Waals surface area contributed by atoms with Gasteiger partial charge in [0.05, 0.1) is 13.7 Å². The van der Waals surface area contributed by atoms with Gasteiger partial charge < -0.3 is 19.3 Å². The number of aryl methyl sites for hydroxylation is 1. The molecule has 1 aliphatic heterocycles. The summed E-state index contributed by atoms with van der Waals surface area (Å²) < 4.78 is 10.9. The molecule has 1 amide bonds. The van der Waals surface area contributed by atoms with Crippen molar-refractivity contribution in [3.8, 4) is 11.5 Å². The highest BCUT2D eigenvalue weighted by Crippen LogP contribution is 2.28. The Labute approximate surface area is 173 Å². The summed E-state index contributed by atoms with van der Waals surface area (Å²) in [5.41, 5.74) is 4.80. The van der Waals surface area contributed by atoms with E-state index in [1.807, 2.05) is 36.1 Å². The van der Waals surface area contributed by atoms with Gasteiger partial charge in [0.25, 0.3) is 0 Å². The van der Waals surface area contributed by atoms with Crippen molar-refractivity contribution in [3.63, 3.8) is 0 Å². The van der Waals surface area contributed by atoms with Crippen molar-refractivity contribution in [3.05, 3.63) is 59.2 Å². The first kappa shape index (κ1) is 20.8. The summed E-state index contributed by atoms with van der Waals surface area (Å²) in [4.78, 5) is 16.9. The van der Waals surface area contributed by atoms with Crippen LogP contribution in [-0.2, 0) is 4.79 Å². The lowest BCUT2D eigenvalue weighted by Crippen LogP contribution is -2.48. The molecule has 1 aliphatic rings. The Morgan fingerprint density at radius 2 is 1.83 bits per heavy atom. The summed E-state index contributed by atoms with van der Waals surface area (Å²) in [5.74, 6) is 1.42. The van der Waals surface area contributed by atoms with E-state index in [9.17, 15) is 4.79 Å². The van der Waals surface area contributed by atoms with Gasteiger partial charge in [-0.1, -0.05) is 18.2 Å². The van der Waals surface area contributed by atoms with Crippen LogP contribution < -0.4 is 14.4 Å². The van der Waals surface area contributed by atoms with E-state index in [4.69, 9.17) is 9.47 Å². The first-order chi connectivity index (χ1) is 14.0. The normalized spacial score (nSPS) is 14.3. The van der Waals surface area contributed by atoms with Gasteiger partial charge in [-0.25, -0.2) is 0 Å². The standard InChI is InChI=1S/C24H30N2O3/c1-5-29-23-17-20(9-11-22(23)28-4)10-12-24(27)26-15-13-25(14-16-26)21-8-6-7-18(2)19(21)3/h6-12,17H,5,13-16H2,1-4H3/b12-10+. The Bertz CT molecular complexity index is 884. The van der Waals surface area contributed by atoms with Gasteiger partial charge in [0.2, 0.25) is 5.91 Å². The molecule has 29 heavy (non-hydrogen) atoms. The molecule has 0 bridgehead atoms. The lowest BCUT2D eigenvalue weighted by atomic mass is 10.1. The van der Waals surface area contributed by atoms with Crippen LogP contribution in [0.15, 0.2) is 42.5 Å². The molecule has 0 aliphatic carbocycles. The number of piperazine rings is 1. The summed E-state index contributed by atoms with van der Waals surface area (Å²) in [5, 5.41) is 0. The third kappa shape index (κ3) is 4.91. The number of nitrogens with zero attached hydrogens (tertiary/aromatic N) is 2. The molecule has 154 valence electrons. The van der Waals surface area contributed by atoms with Crippen LogP contribution in [0.5, 0.6) is 11.5 Å². The van der Waals surface area contributed by atoms with Crippen LogP contribution in [0.2, 0.25) is 0 Å². The van der Waals surface area contributed by atoms with Gasteiger partial charge in [0.1, 0.15) is 0 Å². The third-order valence-electron chi connectivity index (χ3n) is 5.41. The molecule has 0 unspecified atom stereocenters. The van der Waals surface area contributed by atoms with Gasteiger partial charge in [-0.05, 0) is 61.7 Å². The molecule has 1 saturated heterocycles. The molecule has 0 radical (unpaired) electrons. The zero-order chi connectivity index (χ0) is 20.8. The highest BCUT2D eigenvalue weighted by molar-refractivity contribution is 5.92. The first-order valence-corrected chi connectivity index (χ1v) is 10.1. The molecular formula is C24H30N2O3. The van der Waals surface area contributed by atoms with E-state index in [1.165, 1.54) is 16.8 Å². The molecule has 1 fully saturated rings. The second-order valence-corrected chi connectivity index (χ2v) is 7.21. The smallest absolute Gasteiger partial charge is 0.246 e. The number of hydrogen-bond acceptors (Lipinski definition) is 4. The summed E-state index contributed by atoms with van der Waals surface area (Å²) in [6, 6.07) is 12.1. The largest absolute Gasteiger partial charge is 0.493 e. The van der Waals surface area contributed by atoms with E-state index in [0.29, 0.717) is 18.1 Å². The number of amides is 1. The Morgan fingerprint density at radius 1 is 1.07 bits per heavy atom. The number of carbonyl (C=O) groups is 1. The van der Waals surface area contributed by atoms with Crippen molar-refractivity contribution in [2.45, 2.75) is 20.8 Å². The molecule has 3 rings (SSSR count). The topological polar surface area (TPSA) is 42.0 Å². The lowest BCUT2D eigenvalue weighted by Gasteiger charge is -2.36. The Kier molecular flexibility index (Phi) is 6.81. The van der Waals surface area contributed by atoms with Crippen LogP contribution in [0, 0.1) is 13.8 Å². The van der Waals surface area contributed by atoms with Crippen molar-refractivity contribution >= 4 is 17.7 Å². The predicted octanol–water partition coefficient (Wildman–Crippen LogP) is 4.07. The number of ether oxygens (including phenoxy) is 2. The maximum atomic E-state index is 12.6. The third-order valence-corrected chi connectivity index (χ3v) is 5.41. The van der Waals surface area contributed by atoms with Crippen molar-refractivity contribution in [1.82, 2.24) is 4.90 Å². The van der Waals surface area contributed by atoms with Crippen molar-refractivity contribution in [1.29, 1.82) is 0 Å². The van der Waals surface area contributed by atoms with Crippen LogP contribution in [-0.4, -0.2) is 50.7 Å². The number of anilines is 1. The van der Waals surface area contributed by atoms with E-state index in [0.717, 1.165) is 31.7 Å². The molecular weight excluding hydrogens is 364 g/mol. The minimum absolute atomic E-state index is 0.0411. The fourth-order valence-corrected chi connectivity index (χ4v) is 3.58. The van der Waals surface area contributed by atoms with Gasteiger partial charge >= 0.3 is 0 Å². The number of rotatable bonds is 6. The van der Waals surface area contributed by atoms with Crippen LogP contribution >= 0.6 is 0 Å². The van der Waals surface area contributed by atoms with E-state index in [2.05, 4.69) is 36.9 Å². The zero-order valence-corrected chi connectivity index (χ0v) is 17.8. The van der Waals surface area contributed by atoms with Crippen LogP contribution in [0.1, 0.15) is 23.6 Å². The van der Waals surface area contributed by atoms with Gasteiger partial charge in [-0.2, -0.15) is 0 Å². The van der Waals surface area contributed by atoms with Gasteiger partial charge in [-0.15, -0.1) is 0 Å². The first-order valence-electron chi connectivity index (χ1n) is 10.1. The Morgan fingerprint density at radius 3 is 2.52 bits per heavy atom. The molecule has 0 saturated carbocycles. The highest BCUT2D eigenvalue weighted by atomic mass is 16.5. The SMILES string of the molecule is CCOc1cc(/C=C/C(=O)N2CCN(c3cccc(C)c3C)CC2)ccc1OC. The summed E-state index contributed by atoms with van der Waals surface area (Å²) >= 11 is 0. The fourth-order valence-electron chi connectivity index (χ4n) is 3.58. The molecule has 0 aromatic heterocycles. The number of methoxy groups -OCH3 is 1. The zero-order valence-electron chi connectivity index (χ0n) is 17.8. The minimum atomic E-state index is 0.0411. The minimum Gasteiger partial charge on any atom is -0.493 e. The van der Waals surface area contributed by atoms with E-state index >= 15 is 0 Å². The monoisotopic (exact) mass is 394 g/mol. The van der Waals surface area contributed by atoms with Gasteiger partial charge in [0, 0.05) is 37.9 Å². The van der Waals surface area contributed by atoms with E-state index < -0.39 is 0 Å². The number of hydrogen-bond donors (Lipinski definition) is 0. The summed E-state index contributed by atoms with van der Waals surface area (Å²) in [6.07, 6.45) is 3.48. The van der Waals surface area contributed by atoms with Crippen LogP contribution in [0.4, 0.5) is 5.69 Å². The molecule has 1 heterocycles. The van der Waals surface area contributed by atoms with Crippen molar-refractivity contribution in [2.75, 3.05) is 44.8 Å². The molecule has 5 heteroatoms. The molecule has 0 atom stereocenters. The van der Waals surface area contributed by atoms with E-state index in [-0.39, 0.29) is 5.91 Å². The van der Waals surface area contributed by atoms with Crippen molar-refractivity contribution in [2.24, 2.45) is 0 Å². The quantitative estimate of drug-likeness (QED) is 0.693. The maximum absolute atomic E-state index is 12.6. The van der Waals surface area contributed by atoms with Gasteiger partial charge in [0.15, 0.2) is 11.5 Å². The molecule has 0 spiro atoms. The fraction of sp³-hybridized carbons (Fsp3) is 0.375. The van der Waals surface area contributed by atoms with Gasteiger partial charge in [-0.3, -0.25) is 4.79 Å². The predicted molar refractivity (Wildman–Crippen MR) is 118 cm³/mol. The number of carbonyl (C=O) groups excluding carboxylic acids is 1. The molecule has 0 N–H and O–H groups in total. The molecule has 2 aromatic carbocycles. The van der Waals surface area contributed by atoms with E-state index in [1.54, 1.807) is 13.2 Å². The average Bonchev–Trinajstić information content (AvgIpc) is 2.74. The van der Waals surface area contributed by atoms with Crippen molar-refractivity contribution < 1.29 is 14.3 Å². The lowest BCUT2D eigenvalue weighted by molar-refractivity contribution is -0.126. The second-order valence-electron chi connectivity index (χ2n) is 7.21. The Hall–Kier alpha value is -2.95. The number of benzene rings is 2.